The second kappa shape index (κ2) is 11.6. The SMILES string of the molecule is N#Cc1cc2c(Oc3ccc(NC(=O)NC4CC4)c(F)c3)ccnc2cc1OCCCN1CCCC[C@H]1O. The van der Waals surface area contributed by atoms with Gasteiger partial charge in [0.15, 0.2) is 0 Å². The van der Waals surface area contributed by atoms with Gasteiger partial charge in [-0.3, -0.25) is 9.88 Å². The Morgan fingerprint density at radius 1 is 1.18 bits per heavy atom. The number of carbonyl (C=O) groups is 1. The maximum atomic E-state index is 14.6. The van der Waals surface area contributed by atoms with Gasteiger partial charge in [0, 0.05) is 42.8 Å². The molecule has 1 saturated carbocycles. The van der Waals surface area contributed by atoms with E-state index >= 15 is 0 Å². The van der Waals surface area contributed by atoms with Crippen molar-refractivity contribution in [3.05, 3.63) is 54.0 Å². The molecule has 2 heterocycles. The molecule has 0 spiro atoms. The van der Waals surface area contributed by atoms with Gasteiger partial charge in [-0.2, -0.15) is 5.26 Å². The third-order valence-electron chi connectivity index (χ3n) is 6.68. The number of aliphatic hydroxyl groups is 1. The summed E-state index contributed by atoms with van der Waals surface area (Å²) in [5.41, 5.74) is 0.956. The highest BCUT2D eigenvalue weighted by molar-refractivity contribution is 5.90. The molecular formula is C28H30FN5O4. The van der Waals surface area contributed by atoms with Crippen LogP contribution in [0.5, 0.6) is 17.2 Å². The molecule has 0 radical (unpaired) electrons. The number of rotatable bonds is 9. The fraction of sp³-hybridized carbons (Fsp3) is 0.393. The minimum absolute atomic E-state index is 0.0541. The summed E-state index contributed by atoms with van der Waals surface area (Å²) in [4.78, 5) is 18.4. The number of ether oxygens (including phenoxy) is 2. The van der Waals surface area contributed by atoms with E-state index in [1.807, 2.05) is 0 Å². The van der Waals surface area contributed by atoms with E-state index in [0.717, 1.165) is 51.6 Å². The summed E-state index contributed by atoms with van der Waals surface area (Å²) in [6.07, 6.45) is 6.70. The molecule has 38 heavy (non-hydrogen) atoms. The summed E-state index contributed by atoms with van der Waals surface area (Å²) in [7, 11) is 0. The number of piperidine rings is 1. The highest BCUT2D eigenvalue weighted by atomic mass is 19.1. The van der Waals surface area contributed by atoms with E-state index < -0.39 is 18.1 Å². The molecule has 2 amide bonds. The first-order valence-electron chi connectivity index (χ1n) is 12.9. The number of halogens is 1. The third-order valence-corrected chi connectivity index (χ3v) is 6.68. The number of urea groups is 1. The Morgan fingerprint density at radius 2 is 2.05 bits per heavy atom. The number of hydrogen-bond donors (Lipinski definition) is 3. The number of fused-ring (bicyclic) bond motifs is 1. The monoisotopic (exact) mass is 519 g/mol. The Kier molecular flexibility index (Phi) is 7.86. The number of carbonyl (C=O) groups excluding carboxylic acids is 1. The summed E-state index contributed by atoms with van der Waals surface area (Å²) in [6, 6.07) is 11.1. The average Bonchev–Trinajstić information content (AvgIpc) is 3.73. The molecule has 2 aliphatic rings. The van der Waals surface area contributed by atoms with Crippen LogP contribution in [-0.2, 0) is 0 Å². The van der Waals surface area contributed by atoms with Crippen molar-refractivity contribution in [2.45, 2.75) is 50.8 Å². The Balaban J connectivity index is 1.25. The van der Waals surface area contributed by atoms with Crippen LogP contribution < -0.4 is 20.1 Å². The molecule has 3 N–H and O–H groups in total. The van der Waals surface area contributed by atoms with E-state index in [4.69, 9.17) is 9.47 Å². The predicted molar refractivity (Wildman–Crippen MR) is 140 cm³/mol. The van der Waals surface area contributed by atoms with Crippen LogP contribution in [0, 0.1) is 17.1 Å². The van der Waals surface area contributed by atoms with Gasteiger partial charge in [0.25, 0.3) is 0 Å². The van der Waals surface area contributed by atoms with Crippen molar-refractivity contribution >= 4 is 22.6 Å². The van der Waals surface area contributed by atoms with Crippen LogP contribution in [-0.4, -0.2) is 53.0 Å². The van der Waals surface area contributed by atoms with Crippen LogP contribution in [0.4, 0.5) is 14.9 Å². The fourth-order valence-electron chi connectivity index (χ4n) is 4.49. The second-order valence-electron chi connectivity index (χ2n) is 9.62. The van der Waals surface area contributed by atoms with E-state index in [2.05, 4.69) is 26.6 Å². The molecule has 1 aromatic heterocycles. The lowest BCUT2D eigenvalue weighted by atomic mass is 10.1. The van der Waals surface area contributed by atoms with Gasteiger partial charge in [0.05, 0.1) is 23.4 Å². The van der Waals surface area contributed by atoms with Gasteiger partial charge in [0.2, 0.25) is 0 Å². The molecule has 1 saturated heterocycles. The number of likely N-dealkylation sites (tertiary alicyclic amines) is 1. The van der Waals surface area contributed by atoms with Gasteiger partial charge in [0.1, 0.15) is 35.4 Å². The average molecular weight is 520 g/mol. The number of hydrogen-bond acceptors (Lipinski definition) is 7. The first-order valence-corrected chi connectivity index (χ1v) is 12.9. The Labute approximate surface area is 220 Å². The number of amides is 2. The largest absolute Gasteiger partial charge is 0.492 e. The number of nitrogens with zero attached hydrogens (tertiary/aromatic N) is 3. The molecule has 1 atom stereocenters. The summed E-state index contributed by atoms with van der Waals surface area (Å²) >= 11 is 0. The van der Waals surface area contributed by atoms with Crippen LogP contribution in [0.2, 0.25) is 0 Å². The Morgan fingerprint density at radius 3 is 2.82 bits per heavy atom. The topological polar surface area (TPSA) is 120 Å². The Bertz CT molecular complexity index is 1360. The lowest BCUT2D eigenvalue weighted by Crippen LogP contribution is -2.40. The molecule has 5 rings (SSSR count). The van der Waals surface area contributed by atoms with Gasteiger partial charge < -0.3 is 25.2 Å². The number of anilines is 1. The van der Waals surface area contributed by atoms with Gasteiger partial charge in [-0.15, -0.1) is 0 Å². The van der Waals surface area contributed by atoms with Crippen molar-refractivity contribution < 1.29 is 23.8 Å². The molecular weight excluding hydrogens is 489 g/mol. The minimum atomic E-state index is -0.628. The number of benzene rings is 2. The summed E-state index contributed by atoms with van der Waals surface area (Å²) in [6.45, 7) is 2.01. The zero-order chi connectivity index (χ0) is 26.5. The quantitative estimate of drug-likeness (QED) is 0.344. The number of pyridine rings is 1. The van der Waals surface area contributed by atoms with Crippen LogP contribution in [0.3, 0.4) is 0 Å². The van der Waals surface area contributed by atoms with Crippen molar-refractivity contribution in [2.24, 2.45) is 0 Å². The smallest absolute Gasteiger partial charge is 0.319 e. The highest BCUT2D eigenvalue weighted by Gasteiger charge is 2.23. The van der Waals surface area contributed by atoms with Gasteiger partial charge in [-0.1, -0.05) is 0 Å². The van der Waals surface area contributed by atoms with Crippen molar-refractivity contribution in [3.63, 3.8) is 0 Å². The molecule has 3 aromatic rings. The van der Waals surface area contributed by atoms with Gasteiger partial charge in [-0.05, 0) is 62.8 Å². The number of aliphatic hydroxyl groups excluding tert-OH is 1. The predicted octanol–water partition coefficient (Wildman–Crippen LogP) is 4.89. The lowest BCUT2D eigenvalue weighted by molar-refractivity contribution is -0.0254. The van der Waals surface area contributed by atoms with Crippen molar-refractivity contribution in [1.29, 1.82) is 5.26 Å². The summed E-state index contributed by atoms with van der Waals surface area (Å²) < 4.78 is 26.5. The molecule has 2 aromatic carbocycles. The summed E-state index contributed by atoms with van der Waals surface area (Å²) in [5.74, 6) is 0.442. The van der Waals surface area contributed by atoms with E-state index in [0.29, 0.717) is 34.6 Å². The first kappa shape index (κ1) is 25.7. The second-order valence-corrected chi connectivity index (χ2v) is 9.62. The third kappa shape index (κ3) is 6.30. The van der Waals surface area contributed by atoms with E-state index in [1.54, 1.807) is 30.5 Å². The zero-order valence-corrected chi connectivity index (χ0v) is 21.0. The number of nitrogens with one attached hydrogen (secondary N) is 2. The maximum Gasteiger partial charge on any atom is 0.319 e. The van der Waals surface area contributed by atoms with Crippen molar-refractivity contribution in [3.8, 4) is 23.3 Å². The molecule has 9 nitrogen and oxygen atoms in total. The van der Waals surface area contributed by atoms with Crippen LogP contribution in [0.1, 0.15) is 44.1 Å². The number of nitriles is 1. The van der Waals surface area contributed by atoms with Gasteiger partial charge in [-0.25, -0.2) is 9.18 Å². The van der Waals surface area contributed by atoms with Crippen molar-refractivity contribution in [1.82, 2.24) is 15.2 Å². The molecule has 2 fully saturated rings. The molecule has 198 valence electrons. The van der Waals surface area contributed by atoms with Crippen LogP contribution in [0.25, 0.3) is 10.9 Å². The standard InChI is InChI=1S/C28H30FN5O4/c29-22-15-20(7-8-23(22)33-28(36)32-19-5-6-19)38-25-9-10-31-24-16-26(18(17-30)14-21(24)25)37-13-3-12-34-11-2-1-4-27(34)35/h7-10,14-16,19,27,35H,1-6,11-13H2,(H2,32,33,36)/t27-/m1/s1. The van der Waals surface area contributed by atoms with Gasteiger partial charge >= 0.3 is 6.03 Å². The molecule has 10 heteroatoms. The van der Waals surface area contributed by atoms with Crippen molar-refractivity contribution in [2.75, 3.05) is 25.0 Å². The fourth-order valence-corrected chi connectivity index (χ4v) is 4.49. The molecule has 0 unspecified atom stereocenters. The lowest BCUT2D eigenvalue weighted by Gasteiger charge is -2.31. The van der Waals surface area contributed by atoms with Crippen LogP contribution in [0.15, 0.2) is 42.6 Å². The first-order chi connectivity index (χ1) is 18.5. The van der Waals surface area contributed by atoms with Crippen LogP contribution >= 0.6 is 0 Å². The normalized spacial score (nSPS) is 17.6. The highest BCUT2D eigenvalue weighted by Crippen LogP contribution is 2.34. The number of aromatic nitrogens is 1. The zero-order valence-electron chi connectivity index (χ0n) is 21.0. The Hall–Kier alpha value is -3.94. The summed E-state index contributed by atoms with van der Waals surface area (Å²) in [5, 5.41) is 25.7. The van der Waals surface area contributed by atoms with E-state index in [9.17, 15) is 19.6 Å². The molecule has 0 bridgehead atoms. The molecule has 1 aliphatic carbocycles. The maximum absolute atomic E-state index is 14.6. The molecule has 1 aliphatic heterocycles. The van der Waals surface area contributed by atoms with E-state index in [1.165, 1.54) is 12.1 Å². The minimum Gasteiger partial charge on any atom is -0.492 e. The van der Waals surface area contributed by atoms with E-state index in [-0.39, 0.29) is 17.5 Å².